The molecule has 1 atom stereocenters. The van der Waals surface area contributed by atoms with Gasteiger partial charge in [0.1, 0.15) is 5.71 Å². The maximum Gasteiger partial charge on any atom is 0.414 e. The van der Waals surface area contributed by atoms with Gasteiger partial charge in [0.05, 0.1) is 30.0 Å². The lowest BCUT2D eigenvalue weighted by atomic mass is 10.0. The number of anilines is 1. The molecule has 0 saturated carbocycles. The number of ether oxygens (including phenoxy) is 1. The quantitative estimate of drug-likeness (QED) is 0.500. The van der Waals surface area contributed by atoms with Crippen LogP contribution < -0.4 is 10.4 Å². The molecule has 2 heterocycles. The van der Waals surface area contributed by atoms with Crippen LogP contribution in [0.15, 0.2) is 47.6 Å². The number of hydrogen-bond donors (Lipinski definition) is 3. The first-order valence-corrected chi connectivity index (χ1v) is 11.5. The monoisotopic (exact) mass is 542 g/mol. The van der Waals surface area contributed by atoms with Gasteiger partial charge < -0.3 is 14.9 Å². The fourth-order valence-electron chi connectivity index (χ4n) is 3.36. The van der Waals surface area contributed by atoms with Crippen LogP contribution in [0.2, 0.25) is 15.1 Å². The number of hydrazine groups is 1. The molecule has 1 fully saturated rings. The summed E-state index contributed by atoms with van der Waals surface area (Å²) in [4.78, 5) is 31.0. The summed E-state index contributed by atoms with van der Waals surface area (Å²) in [6, 6.07) is 12.6. The van der Waals surface area contributed by atoms with Crippen molar-refractivity contribution in [1.82, 2.24) is 10.4 Å². The number of benzene rings is 2. The van der Waals surface area contributed by atoms with Crippen molar-refractivity contribution in [2.45, 2.75) is 12.5 Å². The number of carbonyl (C=O) groups excluding carboxylic acids is 1. The summed E-state index contributed by atoms with van der Waals surface area (Å²) in [7, 11) is 0. The van der Waals surface area contributed by atoms with Crippen molar-refractivity contribution in [1.29, 1.82) is 0 Å². The number of rotatable bonds is 4. The minimum Gasteiger partial charge on any atom is -0.473 e. The molecule has 186 valence electrons. The summed E-state index contributed by atoms with van der Waals surface area (Å²) in [5, 5.41) is 24.7. The smallest absolute Gasteiger partial charge is 0.414 e. The summed E-state index contributed by atoms with van der Waals surface area (Å²) >= 11 is 18.5. The highest BCUT2D eigenvalue weighted by atomic mass is 35.5. The molecule has 35 heavy (non-hydrogen) atoms. The predicted molar refractivity (Wildman–Crippen MR) is 131 cm³/mol. The lowest BCUT2D eigenvalue weighted by Crippen LogP contribution is -2.50. The van der Waals surface area contributed by atoms with E-state index in [2.05, 4.69) is 10.5 Å². The standard InChI is InChI=1S/C20H19Cl3N4O2.C2H2O4/c21-14-3-1-13(2-4-14)19-12-17(20(28)25-26-7-9-29-10-8-26)24-27(19)18-6-5-15(22)11-16(18)23;3-1(4)2(5)6/h1-6,11,19H,7-10,12H2,(H,25,28);(H,3,4)(H,5,6)/t19-;/m0./s1. The molecular formula is C22H21Cl3N4O6. The van der Waals surface area contributed by atoms with Crippen molar-refractivity contribution in [2.75, 3.05) is 31.3 Å². The lowest BCUT2D eigenvalue weighted by Gasteiger charge is -2.26. The number of hydrogen-bond acceptors (Lipinski definition) is 7. The first kappa shape index (κ1) is 26.7. The number of carboxylic acids is 2. The van der Waals surface area contributed by atoms with Gasteiger partial charge in [0.15, 0.2) is 0 Å². The Morgan fingerprint density at radius 3 is 2.11 bits per heavy atom. The zero-order valence-corrected chi connectivity index (χ0v) is 20.4. The van der Waals surface area contributed by atoms with Crippen LogP contribution in [0.3, 0.4) is 0 Å². The molecule has 10 nitrogen and oxygen atoms in total. The number of nitrogens with zero attached hydrogens (tertiary/aromatic N) is 3. The zero-order chi connectivity index (χ0) is 25.5. The molecule has 13 heteroatoms. The Balaban J connectivity index is 0.000000509. The van der Waals surface area contributed by atoms with Crippen molar-refractivity contribution < 1.29 is 29.3 Å². The lowest BCUT2D eigenvalue weighted by molar-refractivity contribution is -0.159. The topological polar surface area (TPSA) is 132 Å². The highest BCUT2D eigenvalue weighted by molar-refractivity contribution is 6.40. The highest BCUT2D eigenvalue weighted by Gasteiger charge is 2.34. The fraction of sp³-hybridized carbons (Fsp3) is 0.273. The summed E-state index contributed by atoms with van der Waals surface area (Å²) < 4.78 is 5.32. The van der Waals surface area contributed by atoms with Gasteiger partial charge in [0.25, 0.3) is 5.91 Å². The number of hydrazone groups is 1. The maximum absolute atomic E-state index is 12.8. The largest absolute Gasteiger partial charge is 0.473 e. The van der Waals surface area contributed by atoms with E-state index in [0.29, 0.717) is 59.2 Å². The SMILES string of the molecule is O=C(NN1CCOCC1)C1=NN(c2ccc(Cl)cc2Cl)[C@H](c2ccc(Cl)cc2)C1.O=C(O)C(=O)O. The number of morpholine rings is 1. The number of carbonyl (C=O) groups is 3. The maximum atomic E-state index is 12.8. The number of nitrogens with one attached hydrogen (secondary N) is 1. The summed E-state index contributed by atoms with van der Waals surface area (Å²) in [6.45, 7) is 2.47. The fourth-order valence-corrected chi connectivity index (χ4v) is 3.99. The molecule has 4 rings (SSSR count). The molecule has 1 saturated heterocycles. The predicted octanol–water partition coefficient (Wildman–Crippen LogP) is 3.47. The van der Waals surface area contributed by atoms with Crippen molar-refractivity contribution >= 4 is 64.0 Å². The Bertz CT molecular complexity index is 1110. The van der Waals surface area contributed by atoms with E-state index in [-0.39, 0.29) is 11.9 Å². The average Bonchev–Trinajstić information content (AvgIpc) is 3.26. The van der Waals surface area contributed by atoms with Crippen LogP contribution in [-0.2, 0) is 19.1 Å². The third-order valence-corrected chi connectivity index (χ3v) is 5.83. The van der Waals surface area contributed by atoms with Gasteiger partial charge in [-0.2, -0.15) is 5.10 Å². The van der Waals surface area contributed by atoms with Crippen LogP contribution >= 0.6 is 34.8 Å². The Labute approximate surface area is 215 Å². The van der Waals surface area contributed by atoms with E-state index >= 15 is 0 Å². The molecule has 2 aromatic carbocycles. The number of amides is 1. The molecule has 0 aromatic heterocycles. The van der Waals surface area contributed by atoms with E-state index < -0.39 is 11.9 Å². The Morgan fingerprint density at radius 1 is 0.943 bits per heavy atom. The molecular weight excluding hydrogens is 523 g/mol. The van der Waals surface area contributed by atoms with E-state index in [9.17, 15) is 4.79 Å². The van der Waals surface area contributed by atoms with E-state index in [4.69, 9.17) is 59.3 Å². The van der Waals surface area contributed by atoms with Gasteiger partial charge in [-0.05, 0) is 35.9 Å². The Hall–Kier alpha value is -2.89. The Kier molecular flexibility index (Phi) is 9.30. The minimum absolute atomic E-state index is 0.184. The molecule has 0 bridgehead atoms. The highest BCUT2D eigenvalue weighted by Crippen LogP contribution is 2.39. The summed E-state index contributed by atoms with van der Waals surface area (Å²) in [6.07, 6.45) is 0.441. The van der Waals surface area contributed by atoms with Crippen LogP contribution in [0.4, 0.5) is 5.69 Å². The summed E-state index contributed by atoms with van der Waals surface area (Å²) in [5.41, 5.74) is 5.02. The second-order valence-corrected chi connectivity index (χ2v) is 8.69. The van der Waals surface area contributed by atoms with Crippen LogP contribution in [0.1, 0.15) is 18.0 Å². The van der Waals surface area contributed by atoms with Gasteiger partial charge in [-0.15, -0.1) is 0 Å². The van der Waals surface area contributed by atoms with Gasteiger partial charge in [0, 0.05) is 29.6 Å². The van der Waals surface area contributed by atoms with E-state index in [1.165, 1.54) is 0 Å². The minimum atomic E-state index is -1.82. The van der Waals surface area contributed by atoms with Crippen LogP contribution in [-0.4, -0.2) is 65.1 Å². The molecule has 0 radical (unpaired) electrons. The number of carboxylic acid groups (broad SMARTS) is 2. The average molecular weight is 544 g/mol. The normalized spacial score (nSPS) is 17.7. The van der Waals surface area contributed by atoms with Crippen molar-refractivity contribution in [3.63, 3.8) is 0 Å². The first-order chi connectivity index (χ1) is 16.7. The molecule has 2 aliphatic heterocycles. The van der Waals surface area contributed by atoms with Gasteiger partial charge in [0.2, 0.25) is 0 Å². The summed E-state index contributed by atoms with van der Waals surface area (Å²) in [5.74, 6) is -3.87. The van der Waals surface area contributed by atoms with Gasteiger partial charge >= 0.3 is 11.9 Å². The molecule has 0 unspecified atom stereocenters. The molecule has 0 spiro atoms. The number of aliphatic carboxylic acids is 2. The molecule has 2 aromatic rings. The van der Waals surface area contributed by atoms with Crippen molar-refractivity contribution in [2.24, 2.45) is 5.10 Å². The zero-order valence-electron chi connectivity index (χ0n) is 18.2. The third-order valence-electron chi connectivity index (χ3n) is 5.04. The van der Waals surface area contributed by atoms with E-state index in [0.717, 1.165) is 5.56 Å². The van der Waals surface area contributed by atoms with Crippen molar-refractivity contribution in [3.8, 4) is 0 Å². The van der Waals surface area contributed by atoms with Crippen LogP contribution in [0, 0.1) is 0 Å². The van der Waals surface area contributed by atoms with Gasteiger partial charge in [-0.3, -0.25) is 15.2 Å². The molecule has 0 aliphatic carbocycles. The van der Waals surface area contributed by atoms with E-state index in [1.807, 2.05) is 29.3 Å². The van der Waals surface area contributed by atoms with Crippen LogP contribution in [0.5, 0.6) is 0 Å². The molecule has 3 N–H and O–H groups in total. The van der Waals surface area contributed by atoms with Gasteiger partial charge in [-0.25, -0.2) is 14.6 Å². The van der Waals surface area contributed by atoms with Crippen molar-refractivity contribution in [3.05, 3.63) is 63.1 Å². The second-order valence-electron chi connectivity index (χ2n) is 7.41. The second kappa shape index (κ2) is 12.2. The molecule has 1 amide bonds. The van der Waals surface area contributed by atoms with E-state index in [1.54, 1.807) is 23.2 Å². The molecule has 2 aliphatic rings. The first-order valence-electron chi connectivity index (χ1n) is 10.3. The Morgan fingerprint density at radius 2 is 1.54 bits per heavy atom. The third kappa shape index (κ3) is 7.30. The number of halogens is 3. The van der Waals surface area contributed by atoms with Crippen LogP contribution in [0.25, 0.3) is 0 Å². The van der Waals surface area contributed by atoms with Gasteiger partial charge in [-0.1, -0.05) is 46.9 Å².